The van der Waals surface area contributed by atoms with Crippen molar-refractivity contribution in [1.82, 2.24) is 0 Å². The fraction of sp³-hybridized carbons (Fsp3) is 0.500. The Labute approximate surface area is 87.3 Å². The van der Waals surface area contributed by atoms with E-state index in [1.165, 1.54) is 0 Å². The van der Waals surface area contributed by atoms with Crippen molar-refractivity contribution in [3.63, 3.8) is 0 Å². The minimum atomic E-state index is -4.87. The quantitative estimate of drug-likeness (QED) is 0.413. The first-order valence-corrected chi connectivity index (χ1v) is 4.87. The average molecular weight is 253 g/mol. The Morgan fingerprint density at radius 2 is 1.92 bits per heavy atom. The van der Waals surface area contributed by atoms with Gasteiger partial charge >= 0.3 is 6.18 Å². The first-order valence-electron chi connectivity index (χ1n) is 3.10. The van der Waals surface area contributed by atoms with E-state index in [0.717, 1.165) is 11.8 Å². The molecule has 0 aliphatic heterocycles. The highest BCUT2D eigenvalue weighted by Crippen LogP contribution is 2.33. The highest BCUT2D eigenvalue weighted by atomic mass is 35.5. The molecule has 0 heterocycles. The zero-order chi connectivity index (χ0) is 10.6. The smallest absolute Gasteiger partial charge is 0.203 e. The first kappa shape index (κ1) is 13.2. The number of alkyl halides is 3. The lowest BCUT2D eigenvalue weighted by Gasteiger charge is -2.06. The largest absolute Gasteiger partial charge is 0.429 e. The van der Waals surface area contributed by atoms with Gasteiger partial charge in [-0.25, -0.2) is 4.39 Å². The third kappa shape index (κ3) is 4.28. The van der Waals surface area contributed by atoms with Crippen LogP contribution in [-0.4, -0.2) is 16.1 Å². The van der Waals surface area contributed by atoms with Crippen molar-refractivity contribution in [1.29, 1.82) is 0 Å². The molecule has 0 spiro atoms. The summed E-state index contributed by atoms with van der Waals surface area (Å²) in [7, 11) is 0. The number of thioether (sulfide) groups is 1. The first-order chi connectivity index (χ1) is 5.80. The van der Waals surface area contributed by atoms with Gasteiger partial charge in [-0.1, -0.05) is 30.7 Å². The van der Waals surface area contributed by atoms with Crippen LogP contribution >= 0.6 is 35.6 Å². The van der Waals surface area contributed by atoms with Crippen LogP contribution in [-0.2, 0) is 0 Å². The Morgan fingerprint density at radius 3 is 2.23 bits per heavy atom. The van der Waals surface area contributed by atoms with E-state index in [1.54, 1.807) is 6.92 Å². The van der Waals surface area contributed by atoms with Crippen LogP contribution in [0.15, 0.2) is 10.9 Å². The summed E-state index contributed by atoms with van der Waals surface area (Å²) >= 11 is 9.88. The van der Waals surface area contributed by atoms with Gasteiger partial charge in [-0.15, -0.1) is 11.8 Å². The van der Waals surface area contributed by atoms with E-state index in [1.807, 2.05) is 0 Å². The van der Waals surface area contributed by atoms with Crippen LogP contribution in [0.3, 0.4) is 0 Å². The zero-order valence-electron chi connectivity index (χ0n) is 6.41. The van der Waals surface area contributed by atoms with Crippen molar-refractivity contribution in [3.8, 4) is 0 Å². The predicted molar refractivity (Wildman–Crippen MR) is 50.8 cm³/mol. The number of hydrogen-bond acceptors (Lipinski definition) is 2. The lowest BCUT2D eigenvalue weighted by Crippen LogP contribution is -2.10. The number of hydrogen-bond donors (Lipinski definition) is 0. The van der Waals surface area contributed by atoms with Crippen molar-refractivity contribution >= 4 is 39.8 Å². The summed E-state index contributed by atoms with van der Waals surface area (Å²) in [4.78, 5) is 0. The second-order valence-electron chi connectivity index (χ2n) is 1.85. The summed E-state index contributed by atoms with van der Waals surface area (Å²) in [5.41, 5.74) is 0. The second-order valence-corrected chi connectivity index (χ2v) is 4.17. The van der Waals surface area contributed by atoms with E-state index < -0.39 is 21.2 Å². The molecule has 0 aromatic rings. The number of allylic oxidation sites excluding steroid dienone is 1. The van der Waals surface area contributed by atoms with Gasteiger partial charge in [0.05, 0.1) is 0 Å². The van der Waals surface area contributed by atoms with Crippen LogP contribution in [0.25, 0.3) is 0 Å². The molecule has 0 unspecified atom stereocenters. The third-order valence-corrected chi connectivity index (χ3v) is 2.54. The molecule has 0 aromatic heterocycles. The number of halogens is 5. The predicted octanol–water partition coefficient (Wildman–Crippen LogP) is 4.05. The molecule has 0 fully saturated rings. The van der Waals surface area contributed by atoms with Gasteiger partial charge in [-0.3, -0.25) is 0 Å². The van der Waals surface area contributed by atoms with Gasteiger partial charge in [-0.05, 0) is 5.75 Å². The number of rotatable bonds is 2. The molecule has 13 heavy (non-hydrogen) atoms. The van der Waals surface area contributed by atoms with E-state index >= 15 is 0 Å². The molecule has 7 heteroatoms. The molecule has 0 amide bonds. The monoisotopic (exact) mass is 252 g/mol. The molecule has 0 rings (SSSR count). The molecule has 0 nitrogen and oxygen atoms in total. The summed E-state index contributed by atoms with van der Waals surface area (Å²) < 4.78 is 47.7. The van der Waals surface area contributed by atoms with E-state index in [9.17, 15) is 17.6 Å². The molecule has 0 saturated heterocycles. The van der Waals surface area contributed by atoms with E-state index in [-0.39, 0.29) is 0 Å². The maximum Gasteiger partial charge on any atom is 0.429 e. The van der Waals surface area contributed by atoms with Crippen LogP contribution in [0.1, 0.15) is 6.92 Å². The summed E-state index contributed by atoms with van der Waals surface area (Å²) in [6.45, 7) is 1.64. The second kappa shape index (κ2) is 5.17. The van der Waals surface area contributed by atoms with Gasteiger partial charge < -0.3 is 0 Å². The Kier molecular flexibility index (Phi) is 5.24. The number of thiocarbonyl (C=S) groups is 1. The van der Waals surface area contributed by atoms with Crippen LogP contribution < -0.4 is 0 Å². The standard InChI is InChI=1S/C6H5ClF4S2/c1-2-13-5(12)3(8)4(7)6(9,10)11/h2H2,1H3/b4-3+. The molecule has 0 radical (unpaired) electrons. The van der Waals surface area contributed by atoms with Crippen molar-refractivity contribution in [3.05, 3.63) is 10.9 Å². The van der Waals surface area contributed by atoms with Gasteiger partial charge in [0.1, 0.15) is 4.20 Å². The fourth-order valence-corrected chi connectivity index (χ4v) is 1.56. The lowest BCUT2D eigenvalue weighted by molar-refractivity contribution is -0.0857. The van der Waals surface area contributed by atoms with Crippen LogP contribution in [0.2, 0.25) is 0 Å². The summed E-state index contributed by atoms with van der Waals surface area (Å²) in [6, 6.07) is 0. The molecule has 0 bridgehead atoms. The van der Waals surface area contributed by atoms with Crippen molar-refractivity contribution in [2.75, 3.05) is 5.75 Å². The Bertz CT molecular complexity index is 233. The van der Waals surface area contributed by atoms with Crippen molar-refractivity contribution in [2.24, 2.45) is 0 Å². The molecule has 76 valence electrons. The molecule has 0 atom stereocenters. The highest BCUT2D eigenvalue weighted by molar-refractivity contribution is 8.23. The molecule has 0 aliphatic carbocycles. The summed E-state index contributed by atoms with van der Waals surface area (Å²) in [6.07, 6.45) is -4.87. The highest BCUT2D eigenvalue weighted by Gasteiger charge is 2.36. The molecular weight excluding hydrogens is 248 g/mol. The maximum absolute atomic E-state index is 12.7. The Hall–Kier alpha value is 0.190. The lowest BCUT2D eigenvalue weighted by atomic mass is 10.5. The Balaban J connectivity index is 4.72. The molecule has 0 aliphatic rings. The van der Waals surface area contributed by atoms with Gasteiger partial charge in [0.25, 0.3) is 0 Å². The Morgan fingerprint density at radius 1 is 1.46 bits per heavy atom. The average Bonchev–Trinajstić information content (AvgIpc) is 2.00. The minimum Gasteiger partial charge on any atom is -0.203 e. The topological polar surface area (TPSA) is 0 Å². The molecule has 0 N–H and O–H groups in total. The zero-order valence-corrected chi connectivity index (χ0v) is 8.80. The summed E-state index contributed by atoms with van der Waals surface area (Å²) in [5, 5.41) is -1.79. The minimum absolute atomic E-state index is 0.397. The molecule has 0 aromatic carbocycles. The van der Waals surface area contributed by atoms with E-state index in [2.05, 4.69) is 12.2 Å². The van der Waals surface area contributed by atoms with Gasteiger partial charge in [0, 0.05) is 0 Å². The SMILES string of the molecule is CCSC(=S)/C(F)=C(\Cl)C(F)(F)F. The fourth-order valence-electron chi connectivity index (χ4n) is 0.409. The molecule has 0 saturated carbocycles. The third-order valence-electron chi connectivity index (χ3n) is 0.896. The van der Waals surface area contributed by atoms with Gasteiger partial charge in [0.15, 0.2) is 10.9 Å². The van der Waals surface area contributed by atoms with E-state index in [0.29, 0.717) is 5.75 Å². The van der Waals surface area contributed by atoms with Crippen molar-refractivity contribution in [2.45, 2.75) is 13.1 Å². The normalized spacial score (nSPS) is 14.0. The van der Waals surface area contributed by atoms with Crippen LogP contribution in [0.4, 0.5) is 17.6 Å². The van der Waals surface area contributed by atoms with Crippen LogP contribution in [0, 0.1) is 0 Å². The van der Waals surface area contributed by atoms with Crippen LogP contribution in [0.5, 0.6) is 0 Å². The maximum atomic E-state index is 12.7. The molecular formula is C6H5ClF4S2. The van der Waals surface area contributed by atoms with Gasteiger partial charge in [0.2, 0.25) is 0 Å². The van der Waals surface area contributed by atoms with Gasteiger partial charge in [-0.2, -0.15) is 13.2 Å². The van der Waals surface area contributed by atoms with E-state index in [4.69, 9.17) is 11.6 Å². The van der Waals surface area contributed by atoms with Crippen molar-refractivity contribution < 1.29 is 17.6 Å². The summed E-state index contributed by atoms with van der Waals surface area (Å²) in [5.74, 6) is -1.18.